The van der Waals surface area contributed by atoms with Gasteiger partial charge in [-0.05, 0) is 34.0 Å². The van der Waals surface area contributed by atoms with Crippen LogP contribution in [0, 0.1) is 0 Å². The Morgan fingerprint density at radius 2 is 2.36 bits per heavy atom. The molecule has 1 aromatic rings. The number of hydrogen-bond acceptors (Lipinski definition) is 2. The smallest absolute Gasteiger partial charge is 0.0458 e. The Morgan fingerprint density at radius 3 is 3.00 bits per heavy atom. The largest absolute Gasteiger partial charge is 0.311 e. The summed E-state index contributed by atoms with van der Waals surface area (Å²) in [5.74, 6) is 0. The summed E-state index contributed by atoms with van der Waals surface area (Å²) < 4.78 is 1.01. The molecule has 14 heavy (non-hydrogen) atoms. The number of halogens is 2. The lowest BCUT2D eigenvalue weighted by Gasteiger charge is -2.08. The highest BCUT2D eigenvalue weighted by molar-refractivity contribution is 9.10. The van der Waals surface area contributed by atoms with Gasteiger partial charge in [0.1, 0.15) is 0 Å². The minimum absolute atomic E-state index is 0.218. The van der Waals surface area contributed by atoms with E-state index in [1.807, 2.05) is 6.20 Å². The molecule has 1 heterocycles. The Labute approximate surface area is 98.2 Å². The second kappa shape index (κ2) is 6.38. The fraction of sp³-hybridized carbons (Fsp3) is 0.500. The van der Waals surface area contributed by atoms with Gasteiger partial charge < -0.3 is 5.32 Å². The number of alkyl halides is 1. The van der Waals surface area contributed by atoms with E-state index < -0.39 is 0 Å². The van der Waals surface area contributed by atoms with Gasteiger partial charge in [-0.2, -0.15) is 0 Å². The van der Waals surface area contributed by atoms with Gasteiger partial charge in [0.05, 0.1) is 0 Å². The normalized spacial score (nSPS) is 12.8. The Bertz CT molecular complexity index is 281. The third-order valence-electron chi connectivity index (χ3n) is 1.90. The van der Waals surface area contributed by atoms with E-state index in [-0.39, 0.29) is 5.38 Å². The minimum atomic E-state index is 0.218. The second-order valence-electron chi connectivity index (χ2n) is 3.15. The molecular weight excluding hydrogens is 263 g/mol. The van der Waals surface area contributed by atoms with Crippen molar-refractivity contribution in [2.24, 2.45) is 0 Å². The van der Waals surface area contributed by atoms with Crippen LogP contribution in [0.5, 0.6) is 0 Å². The Kier molecular flexibility index (Phi) is 5.45. The monoisotopic (exact) mass is 276 g/mol. The molecule has 1 atom stereocenters. The molecule has 0 aliphatic rings. The summed E-state index contributed by atoms with van der Waals surface area (Å²) in [6.07, 6.45) is 4.62. The van der Waals surface area contributed by atoms with Crippen molar-refractivity contribution in [3.05, 3.63) is 28.5 Å². The summed E-state index contributed by atoms with van der Waals surface area (Å²) in [5.41, 5.74) is 1.17. The van der Waals surface area contributed by atoms with E-state index in [0.29, 0.717) is 0 Å². The van der Waals surface area contributed by atoms with Gasteiger partial charge in [0.15, 0.2) is 0 Å². The number of hydrogen-bond donors (Lipinski definition) is 1. The molecule has 0 bridgehead atoms. The van der Waals surface area contributed by atoms with Crippen LogP contribution in [0.25, 0.3) is 0 Å². The van der Waals surface area contributed by atoms with Crippen LogP contribution in [0.15, 0.2) is 22.9 Å². The molecule has 0 radical (unpaired) electrons. The van der Waals surface area contributed by atoms with E-state index in [4.69, 9.17) is 11.6 Å². The highest BCUT2D eigenvalue weighted by atomic mass is 79.9. The lowest BCUT2D eigenvalue weighted by Crippen LogP contribution is -2.22. The van der Waals surface area contributed by atoms with E-state index in [2.05, 4.69) is 39.2 Å². The van der Waals surface area contributed by atoms with Crippen molar-refractivity contribution in [3.8, 4) is 0 Å². The van der Waals surface area contributed by atoms with E-state index in [0.717, 1.165) is 24.0 Å². The van der Waals surface area contributed by atoms with Crippen LogP contribution in [-0.2, 0) is 6.54 Å². The predicted octanol–water partition coefficient (Wildman–Crippen LogP) is 2.95. The third-order valence-corrected chi connectivity index (χ3v) is 2.80. The summed E-state index contributed by atoms with van der Waals surface area (Å²) in [6, 6.07) is 2.05. The van der Waals surface area contributed by atoms with Crippen LogP contribution < -0.4 is 5.32 Å². The van der Waals surface area contributed by atoms with Crippen molar-refractivity contribution in [2.75, 3.05) is 6.54 Å². The van der Waals surface area contributed by atoms with Crippen LogP contribution >= 0.6 is 27.5 Å². The quantitative estimate of drug-likeness (QED) is 0.837. The first-order valence-electron chi connectivity index (χ1n) is 4.66. The Balaban J connectivity index is 2.31. The molecule has 78 valence electrons. The van der Waals surface area contributed by atoms with E-state index in [1.165, 1.54) is 5.56 Å². The number of aromatic nitrogens is 1. The van der Waals surface area contributed by atoms with Crippen molar-refractivity contribution in [2.45, 2.75) is 25.3 Å². The van der Waals surface area contributed by atoms with Gasteiger partial charge in [-0.3, -0.25) is 4.98 Å². The minimum Gasteiger partial charge on any atom is -0.311 e. The molecule has 1 rings (SSSR count). The van der Waals surface area contributed by atoms with Gasteiger partial charge in [-0.25, -0.2) is 0 Å². The van der Waals surface area contributed by atoms with Gasteiger partial charge in [-0.15, -0.1) is 11.6 Å². The number of nitrogens with zero attached hydrogens (tertiary/aromatic N) is 1. The molecule has 0 saturated heterocycles. The average molecular weight is 278 g/mol. The van der Waals surface area contributed by atoms with Crippen LogP contribution in [0.2, 0.25) is 0 Å². The van der Waals surface area contributed by atoms with E-state index in [9.17, 15) is 0 Å². The van der Waals surface area contributed by atoms with Crippen molar-refractivity contribution in [1.29, 1.82) is 0 Å². The zero-order chi connectivity index (χ0) is 10.4. The third kappa shape index (κ3) is 4.40. The van der Waals surface area contributed by atoms with Gasteiger partial charge in [0.25, 0.3) is 0 Å². The van der Waals surface area contributed by atoms with Crippen LogP contribution in [0.4, 0.5) is 0 Å². The molecule has 1 N–H and O–H groups in total. The van der Waals surface area contributed by atoms with Gasteiger partial charge in [-0.1, -0.05) is 6.92 Å². The highest BCUT2D eigenvalue weighted by Crippen LogP contribution is 2.09. The molecule has 1 aromatic heterocycles. The molecule has 0 aromatic carbocycles. The highest BCUT2D eigenvalue weighted by Gasteiger charge is 2.00. The Hall–Kier alpha value is -0.120. The molecule has 2 nitrogen and oxygen atoms in total. The molecule has 0 saturated carbocycles. The van der Waals surface area contributed by atoms with Crippen LogP contribution in [0.3, 0.4) is 0 Å². The molecule has 4 heteroatoms. The van der Waals surface area contributed by atoms with Crippen molar-refractivity contribution < 1.29 is 0 Å². The molecule has 1 unspecified atom stereocenters. The summed E-state index contributed by atoms with van der Waals surface area (Å²) in [6.45, 7) is 3.74. The lowest BCUT2D eigenvalue weighted by atomic mass is 10.2. The SMILES string of the molecule is CCC(Cl)CNCc1cncc(Br)c1. The maximum atomic E-state index is 5.98. The zero-order valence-corrected chi connectivity index (χ0v) is 10.5. The number of nitrogens with one attached hydrogen (secondary N) is 1. The van der Waals surface area contributed by atoms with Gasteiger partial charge in [0.2, 0.25) is 0 Å². The average Bonchev–Trinajstić information content (AvgIpc) is 2.17. The molecular formula is C10H14BrClN2. The molecule has 0 aliphatic carbocycles. The van der Waals surface area contributed by atoms with Gasteiger partial charge >= 0.3 is 0 Å². The summed E-state index contributed by atoms with van der Waals surface area (Å²) in [7, 11) is 0. The number of pyridine rings is 1. The second-order valence-corrected chi connectivity index (χ2v) is 4.68. The first-order chi connectivity index (χ1) is 6.72. The molecule has 0 aliphatic heterocycles. The van der Waals surface area contributed by atoms with Crippen molar-refractivity contribution >= 4 is 27.5 Å². The fourth-order valence-electron chi connectivity index (χ4n) is 1.07. The van der Waals surface area contributed by atoms with Crippen LogP contribution in [-0.4, -0.2) is 16.9 Å². The van der Waals surface area contributed by atoms with Crippen molar-refractivity contribution in [1.82, 2.24) is 10.3 Å². The van der Waals surface area contributed by atoms with Gasteiger partial charge in [0, 0.05) is 35.3 Å². The molecule has 0 amide bonds. The summed E-state index contributed by atoms with van der Waals surface area (Å²) in [4.78, 5) is 4.08. The maximum Gasteiger partial charge on any atom is 0.0458 e. The maximum absolute atomic E-state index is 5.98. The first-order valence-corrected chi connectivity index (χ1v) is 5.89. The first kappa shape index (κ1) is 12.0. The number of rotatable bonds is 5. The Morgan fingerprint density at radius 1 is 1.57 bits per heavy atom. The zero-order valence-electron chi connectivity index (χ0n) is 8.13. The standard InChI is InChI=1S/C10H14BrClN2/c1-2-10(12)7-14-5-8-3-9(11)6-13-4-8/h3-4,6,10,14H,2,5,7H2,1H3. The van der Waals surface area contributed by atoms with E-state index >= 15 is 0 Å². The summed E-state index contributed by atoms with van der Waals surface area (Å²) in [5, 5.41) is 3.50. The fourth-order valence-corrected chi connectivity index (χ4v) is 1.59. The van der Waals surface area contributed by atoms with E-state index in [1.54, 1.807) is 6.20 Å². The topological polar surface area (TPSA) is 24.9 Å². The van der Waals surface area contributed by atoms with Crippen molar-refractivity contribution in [3.63, 3.8) is 0 Å². The van der Waals surface area contributed by atoms with Crippen LogP contribution in [0.1, 0.15) is 18.9 Å². The molecule has 0 fully saturated rings. The lowest BCUT2D eigenvalue weighted by molar-refractivity contribution is 0.646. The molecule has 0 spiro atoms. The summed E-state index contributed by atoms with van der Waals surface area (Å²) >= 11 is 9.36. The predicted molar refractivity (Wildman–Crippen MR) is 63.6 cm³/mol.